The van der Waals surface area contributed by atoms with Crippen LogP contribution in [0.3, 0.4) is 0 Å². The molecule has 5 nitrogen and oxygen atoms in total. The summed E-state index contributed by atoms with van der Waals surface area (Å²) in [6, 6.07) is 10.5. The maximum absolute atomic E-state index is 12.3. The van der Waals surface area contributed by atoms with E-state index in [9.17, 15) is 9.59 Å². The van der Waals surface area contributed by atoms with Crippen LogP contribution in [-0.2, 0) is 9.53 Å². The Balaban J connectivity index is 2.27. The first kappa shape index (κ1) is 14.8. The van der Waals surface area contributed by atoms with E-state index in [0.29, 0.717) is 16.9 Å². The zero-order valence-corrected chi connectivity index (χ0v) is 12.2. The lowest BCUT2D eigenvalue weighted by Gasteiger charge is -2.21. The van der Waals surface area contributed by atoms with Crippen molar-refractivity contribution in [1.29, 1.82) is 0 Å². The summed E-state index contributed by atoms with van der Waals surface area (Å²) in [5.41, 5.74) is 0.952. The van der Waals surface area contributed by atoms with Crippen LogP contribution in [-0.4, -0.2) is 30.9 Å². The van der Waals surface area contributed by atoms with Crippen molar-refractivity contribution in [1.82, 2.24) is 4.90 Å². The summed E-state index contributed by atoms with van der Waals surface area (Å²) in [7, 11) is 3.24. The highest BCUT2D eigenvalue weighted by atomic mass is 16.5. The molecule has 1 aromatic heterocycles. The van der Waals surface area contributed by atoms with Crippen LogP contribution in [0.15, 0.2) is 47.1 Å². The Morgan fingerprint density at radius 2 is 1.81 bits per heavy atom. The normalized spacial score (nSPS) is 11.8. The average Bonchev–Trinajstić information content (AvgIpc) is 2.91. The molecule has 0 aliphatic carbocycles. The van der Waals surface area contributed by atoms with Crippen molar-refractivity contribution in [3.8, 4) is 0 Å². The number of furan rings is 1. The molecule has 110 valence electrons. The molecule has 0 saturated heterocycles. The van der Waals surface area contributed by atoms with Crippen LogP contribution in [0.25, 0.3) is 0 Å². The van der Waals surface area contributed by atoms with Crippen molar-refractivity contribution in [3.63, 3.8) is 0 Å². The summed E-state index contributed by atoms with van der Waals surface area (Å²) in [5, 5.41) is 0. The monoisotopic (exact) mass is 287 g/mol. The number of nitrogens with zero attached hydrogens (tertiary/aromatic N) is 1. The van der Waals surface area contributed by atoms with E-state index in [1.807, 2.05) is 6.07 Å². The number of ether oxygens (including phenoxy) is 1. The summed E-state index contributed by atoms with van der Waals surface area (Å²) in [5.74, 6) is -0.412. The molecule has 0 bridgehead atoms. The van der Waals surface area contributed by atoms with E-state index in [1.165, 1.54) is 17.2 Å². The second-order valence-electron chi connectivity index (χ2n) is 4.82. The third-order valence-corrected chi connectivity index (χ3v) is 3.07. The highest BCUT2D eigenvalue weighted by Gasteiger charge is 2.27. The molecule has 5 heteroatoms. The highest BCUT2D eigenvalue weighted by Crippen LogP contribution is 2.22. The number of benzene rings is 1. The molecule has 1 amide bonds. The van der Waals surface area contributed by atoms with E-state index in [0.717, 1.165) is 0 Å². The molecule has 1 heterocycles. The van der Waals surface area contributed by atoms with Gasteiger partial charge in [-0.25, -0.2) is 4.79 Å². The summed E-state index contributed by atoms with van der Waals surface area (Å²) < 4.78 is 10.5. The summed E-state index contributed by atoms with van der Waals surface area (Å²) in [6.07, 6.45) is 0.444. The van der Waals surface area contributed by atoms with Crippen molar-refractivity contribution in [2.75, 3.05) is 14.1 Å². The van der Waals surface area contributed by atoms with Gasteiger partial charge in [0.2, 0.25) is 6.10 Å². The number of likely N-dealkylation sites (N-methyl/N-ethyl adjacent to an activating group) is 1. The van der Waals surface area contributed by atoms with Crippen LogP contribution in [0.5, 0.6) is 0 Å². The Morgan fingerprint density at radius 3 is 2.33 bits per heavy atom. The zero-order valence-electron chi connectivity index (χ0n) is 12.2. The molecule has 0 fully saturated rings. The average molecular weight is 287 g/mol. The Hall–Kier alpha value is -2.56. The van der Waals surface area contributed by atoms with Crippen LogP contribution < -0.4 is 0 Å². The number of rotatable bonds is 4. The molecule has 0 spiro atoms. The Morgan fingerprint density at radius 1 is 1.14 bits per heavy atom. The van der Waals surface area contributed by atoms with E-state index in [-0.39, 0.29) is 5.91 Å². The van der Waals surface area contributed by atoms with Gasteiger partial charge in [0, 0.05) is 19.7 Å². The smallest absolute Gasteiger partial charge is 0.342 e. The minimum Gasteiger partial charge on any atom is -0.469 e. The molecular formula is C16H17NO4. The summed E-state index contributed by atoms with van der Waals surface area (Å²) in [6.45, 7) is 1.67. The number of hydrogen-bond donors (Lipinski definition) is 0. The van der Waals surface area contributed by atoms with Crippen LogP contribution in [0.1, 0.15) is 27.8 Å². The first-order valence-corrected chi connectivity index (χ1v) is 6.52. The first-order valence-electron chi connectivity index (χ1n) is 6.52. The molecule has 21 heavy (non-hydrogen) atoms. The van der Waals surface area contributed by atoms with Crippen molar-refractivity contribution >= 4 is 11.9 Å². The molecule has 0 aliphatic heterocycles. The second kappa shape index (κ2) is 6.26. The largest absolute Gasteiger partial charge is 0.469 e. The number of esters is 1. The Labute approximate surface area is 123 Å². The van der Waals surface area contributed by atoms with E-state index in [2.05, 4.69) is 0 Å². The van der Waals surface area contributed by atoms with Gasteiger partial charge >= 0.3 is 5.97 Å². The number of aryl methyl sites for hydroxylation is 1. The van der Waals surface area contributed by atoms with Crippen LogP contribution >= 0.6 is 0 Å². The van der Waals surface area contributed by atoms with E-state index in [4.69, 9.17) is 9.15 Å². The molecule has 2 aromatic rings. The number of amides is 1. The van der Waals surface area contributed by atoms with Gasteiger partial charge < -0.3 is 14.1 Å². The second-order valence-corrected chi connectivity index (χ2v) is 4.82. The SMILES string of the molecule is Cc1occc1C(=O)O[C@H](C(=O)N(C)C)c1ccccc1. The van der Waals surface area contributed by atoms with Gasteiger partial charge in [-0.2, -0.15) is 0 Å². The molecule has 0 unspecified atom stereocenters. The molecule has 0 saturated carbocycles. The van der Waals surface area contributed by atoms with E-state index >= 15 is 0 Å². The molecule has 1 atom stereocenters. The van der Waals surface area contributed by atoms with Gasteiger partial charge in [0.15, 0.2) is 0 Å². The maximum Gasteiger partial charge on any atom is 0.342 e. The lowest BCUT2D eigenvalue weighted by atomic mass is 10.1. The fraction of sp³-hybridized carbons (Fsp3) is 0.250. The lowest BCUT2D eigenvalue weighted by molar-refractivity contribution is -0.138. The fourth-order valence-electron chi connectivity index (χ4n) is 1.89. The minimum atomic E-state index is -0.969. The highest BCUT2D eigenvalue weighted by molar-refractivity contribution is 5.93. The summed E-state index contributed by atoms with van der Waals surface area (Å²) in [4.78, 5) is 25.8. The van der Waals surface area contributed by atoms with Crippen molar-refractivity contribution < 1.29 is 18.7 Å². The topological polar surface area (TPSA) is 59.8 Å². The van der Waals surface area contributed by atoms with Crippen molar-refractivity contribution in [2.24, 2.45) is 0 Å². The van der Waals surface area contributed by atoms with Gasteiger partial charge in [-0.05, 0) is 13.0 Å². The Kier molecular flexibility index (Phi) is 4.42. The third kappa shape index (κ3) is 3.31. The van der Waals surface area contributed by atoms with Gasteiger partial charge in [-0.1, -0.05) is 30.3 Å². The number of hydrogen-bond acceptors (Lipinski definition) is 4. The molecular weight excluding hydrogens is 270 g/mol. The molecule has 0 N–H and O–H groups in total. The molecule has 0 radical (unpaired) electrons. The van der Waals surface area contributed by atoms with Crippen molar-refractivity contribution in [3.05, 3.63) is 59.5 Å². The predicted octanol–water partition coefficient (Wildman–Crippen LogP) is 2.57. The van der Waals surface area contributed by atoms with Gasteiger partial charge in [0.25, 0.3) is 5.91 Å². The lowest BCUT2D eigenvalue weighted by Crippen LogP contribution is -2.31. The minimum absolute atomic E-state index is 0.296. The summed E-state index contributed by atoms with van der Waals surface area (Å²) >= 11 is 0. The van der Waals surface area contributed by atoms with Crippen molar-refractivity contribution in [2.45, 2.75) is 13.0 Å². The standard InChI is InChI=1S/C16H17NO4/c1-11-13(9-10-20-11)16(19)21-14(15(18)17(2)3)12-7-5-4-6-8-12/h4-10,14H,1-3H3/t14-/m0/s1. The van der Waals surface area contributed by atoms with Gasteiger partial charge in [0.1, 0.15) is 11.3 Å². The fourth-order valence-corrected chi connectivity index (χ4v) is 1.89. The maximum atomic E-state index is 12.3. The number of carbonyl (C=O) groups is 2. The molecule has 0 aliphatic rings. The first-order chi connectivity index (χ1) is 10.0. The van der Waals surface area contributed by atoms with Gasteiger partial charge in [-0.3, -0.25) is 4.79 Å². The van der Waals surface area contributed by atoms with Crippen LogP contribution in [0.2, 0.25) is 0 Å². The Bertz CT molecular complexity index is 631. The number of carbonyl (C=O) groups excluding carboxylic acids is 2. The van der Waals surface area contributed by atoms with Gasteiger partial charge in [-0.15, -0.1) is 0 Å². The van der Waals surface area contributed by atoms with E-state index < -0.39 is 12.1 Å². The quantitative estimate of drug-likeness (QED) is 0.811. The van der Waals surface area contributed by atoms with E-state index in [1.54, 1.807) is 45.3 Å². The predicted molar refractivity (Wildman–Crippen MR) is 76.7 cm³/mol. The third-order valence-electron chi connectivity index (χ3n) is 3.07. The molecule has 1 aromatic carbocycles. The molecule has 2 rings (SSSR count). The van der Waals surface area contributed by atoms with Crippen LogP contribution in [0.4, 0.5) is 0 Å². The van der Waals surface area contributed by atoms with Gasteiger partial charge in [0.05, 0.1) is 6.26 Å². The van der Waals surface area contributed by atoms with Crippen LogP contribution in [0, 0.1) is 6.92 Å². The zero-order chi connectivity index (χ0) is 15.4.